The predicted molar refractivity (Wildman–Crippen MR) is 120 cm³/mol. The molecule has 3 aliphatic heterocycles. The van der Waals surface area contributed by atoms with E-state index in [4.69, 9.17) is 0 Å². The first-order chi connectivity index (χ1) is 15.0. The number of imide groups is 1. The molecule has 158 valence electrons. The van der Waals surface area contributed by atoms with Crippen molar-refractivity contribution in [3.05, 3.63) is 71.8 Å². The van der Waals surface area contributed by atoms with Crippen LogP contribution in [0.3, 0.4) is 0 Å². The smallest absolute Gasteiger partial charge is 0.236 e. The summed E-state index contributed by atoms with van der Waals surface area (Å²) in [6.07, 6.45) is 2.77. The molecule has 5 atom stereocenters. The number of anilines is 1. The van der Waals surface area contributed by atoms with Gasteiger partial charge in [0.15, 0.2) is 5.78 Å². The number of fused-ring (bicyclic) bond motifs is 5. The summed E-state index contributed by atoms with van der Waals surface area (Å²) >= 11 is 0. The zero-order valence-corrected chi connectivity index (χ0v) is 18.0. The molecule has 0 N–H and O–H groups in total. The van der Waals surface area contributed by atoms with Crippen LogP contribution in [0, 0.1) is 11.8 Å². The van der Waals surface area contributed by atoms with Gasteiger partial charge in [0.1, 0.15) is 6.04 Å². The minimum Gasteiger partial charge on any atom is -0.352 e. The Morgan fingerprint density at radius 1 is 0.968 bits per heavy atom. The number of benzene rings is 2. The summed E-state index contributed by atoms with van der Waals surface area (Å²) in [6.45, 7) is 5.91. The van der Waals surface area contributed by atoms with Crippen molar-refractivity contribution in [3.8, 4) is 0 Å². The zero-order chi connectivity index (χ0) is 21.9. The predicted octanol–water partition coefficient (Wildman–Crippen LogP) is 3.94. The highest BCUT2D eigenvalue weighted by Crippen LogP contribution is 2.50. The molecule has 5 heteroatoms. The number of allylic oxidation sites excluding steroid dienone is 1. The number of carbonyl (C=O) groups excluding carboxylic acids is 3. The summed E-state index contributed by atoms with van der Waals surface area (Å²) < 4.78 is 0. The number of nitrogens with zero attached hydrogens (tertiary/aromatic N) is 2. The van der Waals surface area contributed by atoms with Crippen LogP contribution in [-0.4, -0.2) is 40.6 Å². The molecule has 31 heavy (non-hydrogen) atoms. The lowest BCUT2D eigenvalue weighted by Crippen LogP contribution is -2.50. The first-order valence-electron chi connectivity index (χ1n) is 11.0. The maximum Gasteiger partial charge on any atom is 0.236 e. The fourth-order valence-electron chi connectivity index (χ4n) is 5.51. The van der Waals surface area contributed by atoms with E-state index in [-0.39, 0.29) is 29.7 Å². The standard InChI is InChI=1S/C26H26N2O3/c1-4-16(3)27-25(30)21-20-14-15(2)18-12-8-9-13-19(18)28(20)23(22(21)26(27)31)24(29)17-10-6-5-7-11-17/h5-14,16,20-23H,4H2,1-3H3/t16-,20-,21+,22-,23-/m1/s1. The highest BCUT2D eigenvalue weighted by atomic mass is 16.2. The molecule has 0 aliphatic carbocycles. The molecule has 3 aliphatic rings. The summed E-state index contributed by atoms with van der Waals surface area (Å²) in [5.74, 6) is -1.67. The maximum atomic E-state index is 13.8. The maximum absolute atomic E-state index is 13.8. The Hall–Kier alpha value is -3.21. The number of para-hydroxylation sites is 1. The van der Waals surface area contributed by atoms with Gasteiger partial charge in [0.25, 0.3) is 0 Å². The normalized spacial score (nSPS) is 27.5. The number of hydrogen-bond acceptors (Lipinski definition) is 4. The van der Waals surface area contributed by atoms with E-state index in [0.717, 1.165) is 16.8 Å². The van der Waals surface area contributed by atoms with Gasteiger partial charge in [0.2, 0.25) is 11.8 Å². The Morgan fingerprint density at radius 3 is 2.32 bits per heavy atom. The van der Waals surface area contributed by atoms with Crippen molar-refractivity contribution in [1.29, 1.82) is 0 Å². The molecule has 3 heterocycles. The van der Waals surface area contributed by atoms with E-state index in [1.165, 1.54) is 4.90 Å². The molecule has 2 aromatic rings. The fraction of sp³-hybridized carbons (Fsp3) is 0.346. The van der Waals surface area contributed by atoms with Gasteiger partial charge in [-0.1, -0.05) is 61.5 Å². The van der Waals surface area contributed by atoms with Crippen LogP contribution in [0.15, 0.2) is 60.7 Å². The van der Waals surface area contributed by atoms with Gasteiger partial charge in [-0.2, -0.15) is 0 Å². The molecule has 5 nitrogen and oxygen atoms in total. The van der Waals surface area contributed by atoms with Crippen molar-refractivity contribution < 1.29 is 14.4 Å². The number of Topliss-reactive ketones (excluding diaryl/α,β-unsaturated/α-hetero) is 1. The molecule has 0 bridgehead atoms. The van der Waals surface area contributed by atoms with Crippen molar-refractivity contribution in [3.63, 3.8) is 0 Å². The summed E-state index contributed by atoms with van der Waals surface area (Å²) in [4.78, 5) is 44.3. The van der Waals surface area contributed by atoms with Crippen molar-refractivity contribution in [2.24, 2.45) is 11.8 Å². The van der Waals surface area contributed by atoms with Crippen LogP contribution in [0.5, 0.6) is 0 Å². The molecule has 0 saturated carbocycles. The van der Waals surface area contributed by atoms with Crippen LogP contribution in [0.1, 0.15) is 43.1 Å². The van der Waals surface area contributed by atoms with Crippen molar-refractivity contribution in [1.82, 2.24) is 4.90 Å². The van der Waals surface area contributed by atoms with Crippen LogP contribution in [0.4, 0.5) is 5.69 Å². The highest BCUT2D eigenvalue weighted by molar-refractivity contribution is 6.14. The van der Waals surface area contributed by atoms with Gasteiger partial charge in [-0.25, -0.2) is 0 Å². The summed E-state index contributed by atoms with van der Waals surface area (Å²) in [7, 11) is 0. The van der Waals surface area contributed by atoms with Gasteiger partial charge in [0.05, 0.1) is 17.9 Å². The largest absolute Gasteiger partial charge is 0.352 e. The minimum atomic E-state index is -0.701. The van der Waals surface area contributed by atoms with Crippen LogP contribution >= 0.6 is 0 Å². The summed E-state index contributed by atoms with van der Waals surface area (Å²) in [6, 6.07) is 15.9. The van der Waals surface area contributed by atoms with E-state index in [2.05, 4.69) is 6.08 Å². The molecule has 5 rings (SSSR count). The first kappa shape index (κ1) is 19.7. The molecule has 2 aromatic carbocycles. The van der Waals surface area contributed by atoms with Gasteiger partial charge in [-0.3, -0.25) is 19.3 Å². The lowest BCUT2D eigenvalue weighted by atomic mass is 9.85. The van der Waals surface area contributed by atoms with E-state index in [0.29, 0.717) is 12.0 Å². The lowest BCUT2D eigenvalue weighted by Gasteiger charge is -2.38. The second-order valence-corrected chi connectivity index (χ2v) is 8.80. The topological polar surface area (TPSA) is 57.7 Å². The fourth-order valence-corrected chi connectivity index (χ4v) is 5.51. The second-order valence-electron chi connectivity index (χ2n) is 8.80. The van der Waals surface area contributed by atoms with Crippen LogP contribution < -0.4 is 4.90 Å². The second kappa shape index (κ2) is 7.19. The number of carbonyl (C=O) groups is 3. The number of likely N-dealkylation sites (tertiary alicyclic amines) is 1. The van der Waals surface area contributed by atoms with E-state index >= 15 is 0 Å². The number of ketones is 1. The summed E-state index contributed by atoms with van der Waals surface area (Å²) in [5, 5.41) is 0. The molecule has 2 amide bonds. The van der Waals surface area contributed by atoms with Gasteiger partial charge >= 0.3 is 0 Å². The van der Waals surface area contributed by atoms with Gasteiger partial charge in [-0.05, 0) is 31.9 Å². The third kappa shape index (κ3) is 2.72. The Balaban J connectivity index is 1.69. The summed E-state index contributed by atoms with van der Waals surface area (Å²) in [5.41, 5.74) is 3.61. The first-order valence-corrected chi connectivity index (χ1v) is 11.0. The molecule has 0 unspecified atom stereocenters. The van der Waals surface area contributed by atoms with Crippen LogP contribution in [0.25, 0.3) is 5.57 Å². The van der Waals surface area contributed by atoms with Crippen LogP contribution in [0.2, 0.25) is 0 Å². The lowest BCUT2D eigenvalue weighted by molar-refractivity contribution is -0.142. The Bertz CT molecular complexity index is 1110. The van der Waals surface area contributed by atoms with Gasteiger partial charge in [-0.15, -0.1) is 0 Å². The van der Waals surface area contributed by atoms with Crippen LogP contribution in [-0.2, 0) is 9.59 Å². The molecular weight excluding hydrogens is 388 g/mol. The quantitative estimate of drug-likeness (QED) is 0.562. The molecule has 2 saturated heterocycles. The van der Waals surface area contributed by atoms with E-state index in [1.54, 1.807) is 12.1 Å². The average molecular weight is 415 g/mol. The third-order valence-electron chi connectivity index (χ3n) is 7.15. The molecular formula is C26H26N2O3. The van der Waals surface area contributed by atoms with Crippen molar-refractivity contribution in [2.45, 2.75) is 45.3 Å². The molecule has 2 fully saturated rings. The average Bonchev–Trinajstić information content (AvgIpc) is 3.26. The molecule has 0 radical (unpaired) electrons. The number of rotatable bonds is 4. The van der Waals surface area contributed by atoms with E-state index in [1.807, 2.05) is 68.1 Å². The molecule has 0 spiro atoms. The van der Waals surface area contributed by atoms with Gasteiger partial charge < -0.3 is 4.90 Å². The Kier molecular flexibility index (Phi) is 4.58. The highest BCUT2D eigenvalue weighted by Gasteiger charge is 2.64. The van der Waals surface area contributed by atoms with E-state index in [9.17, 15) is 14.4 Å². The van der Waals surface area contributed by atoms with E-state index < -0.39 is 17.9 Å². The van der Waals surface area contributed by atoms with Gasteiger partial charge in [0, 0.05) is 22.9 Å². The SMILES string of the molecule is CC[C@@H](C)N1C(=O)[C@@H]2[C@@H](C1=O)[C@H](C(=O)c1ccccc1)N1c3ccccc3C(C)=C[C@H]21. The van der Waals surface area contributed by atoms with Crippen molar-refractivity contribution >= 4 is 28.9 Å². The number of hydrogen-bond donors (Lipinski definition) is 0. The van der Waals surface area contributed by atoms with Crippen molar-refractivity contribution in [2.75, 3.05) is 4.90 Å². The minimum absolute atomic E-state index is 0.104. The Morgan fingerprint density at radius 2 is 1.61 bits per heavy atom. The monoisotopic (exact) mass is 414 g/mol. The molecule has 0 aromatic heterocycles. The third-order valence-corrected chi connectivity index (χ3v) is 7.15. The number of amides is 2. The Labute approximate surface area is 182 Å². The zero-order valence-electron chi connectivity index (χ0n) is 18.0.